The van der Waals surface area contributed by atoms with Crippen LogP contribution in [0.25, 0.3) is 0 Å². The number of ether oxygens (including phenoxy) is 1. The Kier molecular flexibility index (Phi) is 5.09. The van der Waals surface area contributed by atoms with Gasteiger partial charge < -0.3 is 4.74 Å². The fraction of sp³-hybridized carbons (Fsp3) is 0.188. The molecule has 0 atom stereocenters. The molecule has 2 nitrogen and oxygen atoms in total. The number of nitrogens with zero attached hydrogens (tertiary/aromatic N) is 1. The lowest BCUT2D eigenvalue weighted by Crippen LogP contribution is -2.09. The number of thioether (sulfide) groups is 1. The molecule has 22 heavy (non-hydrogen) atoms. The van der Waals surface area contributed by atoms with Crippen LogP contribution in [0.15, 0.2) is 45.8 Å². The standard InChI is InChI=1S/C16H12BrF2NOS/c1-16(2,9-20)22-11-4-6-14(12(17)8-11)21-15-5-3-10(18)7-13(15)19/h3-8H,1-2H3. The van der Waals surface area contributed by atoms with E-state index in [1.54, 1.807) is 18.2 Å². The number of hydrogen-bond donors (Lipinski definition) is 0. The Bertz CT molecular complexity index is 743. The van der Waals surface area contributed by atoms with Crippen LogP contribution in [0.5, 0.6) is 11.5 Å². The Hall–Kier alpha value is -1.58. The lowest BCUT2D eigenvalue weighted by Gasteiger charge is -2.15. The topological polar surface area (TPSA) is 33.0 Å². The second kappa shape index (κ2) is 6.67. The van der Waals surface area contributed by atoms with E-state index in [4.69, 9.17) is 10.00 Å². The van der Waals surface area contributed by atoms with Crippen LogP contribution in [-0.4, -0.2) is 4.75 Å². The zero-order valence-electron chi connectivity index (χ0n) is 11.9. The molecule has 0 saturated heterocycles. The van der Waals surface area contributed by atoms with Crippen molar-refractivity contribution >= 4 is 27.7 Å². The first kappa shape index (κ1) is 16.8. The fourth-order valence-electron chi connectivity index (χ4n) is 1.62. The van der Waals surface area contributed by atoms with Crippen LogP contribution in [0, 0.1) is 23.0 Å². The second-order valence-corrected chi connectivity index (χ2v) is 7.54. The van der Waals surface area contributed by atoms with Crippen LogP contribution in [0.1, 0.15) is 13.8 Å². The average molecular weight is 384 g/mol. The van der Waals surface area contributed by atoms with Crippen LogP contribution in [-0.2, 0) is 0 Å². The Labute approximate surface area is 140 Å². The molecule has 0 unspecified atom stereocenters. The number of halogens is 3. The predicted octanol–water partition coefficient (Wildman–Crippen LogP) is 5.91. The van der Waals surface area contributed by atoms with Crippen molar-refractivity contribution in [3.8, 4) is 17.6 Å². The van der Waals surface area contributed by atoms with Gasteiger partial charge in [-0.1, -0.05) is 0 Å². The number of nitriles is 1. The van der Waals surface area contributed by atoms with E-state index in [-0.39, 0.29) is 5.75 Å². The Morgan fingerprint density at radius 2 is 1.82 bits per heavy atom. The van der Waals surface area contributed by atoms with E-state index in [1.165, 1.54) is 17.8 Å². The third-order valence-electron chi connectivity index (χ3n) is 2.66. The summed E-state index contributed by atoms with van der Waals surface area (Å²) in [7, 11) is 0. The maximum absolute atomic E-state index is 13.6. The van der Waals surface area contributed by atoms with Crippen molar-refractivity contribution in [1.82, 2.24) is 0 Å². The maximum atomic E-state index is 13.6. The molecule has 2 aromatic carbocycles. The summed E-state index contributed by atoms with van der Waals surface area (Å²) in [6.07, 6.45) is 0. The van der Waals surface area contributed by atoms with Gasteiger partial charge in [0.1, 0.15) is 16.3 Å². The van der Waals surface area contributed by atoms with E-state index in [0.717, 1.165) is 17.0 Å². The highest BCUT2D eigenvalue weighted by Crippen LogP contribution is 2.38. The SMILES string of the molecule is CC(C)(C#N)Sc1ccc(Oc2ccc(F)cc2F)c(Br)c1. The van der Waals surface area contributed by atoms with Crippen LogP contribution >= 0.6 is 27.7 Å². The summed E-state index contributed by atoms with van der Waals surface area (Å²) in [5.74, 6) is -1.07. The Morgan fingerprint density at radius 3 is 2.41 bits per heavy atom. The third kappa shape index (κ3) is 4.21. The molecule has 0 spiro atoms. The summed E-state index contributed by atoms with van der Waals surface area (Å²) in [5.41, 5.74) is 0. The highest BCUT2D eigenvalue weighted by Gasteiger charge is 2.19. The monoisotopic (exact) mass is 383 g/mol. The minimum Gasteiger partial charge on any atom is -0.453 e. The van der Waals surface area contributed by atoms with Gasteiger partial charge in [0.2, 0.25) is 0 Å². The minimum atomic E-state index is -0.768. The molecule has 0 aliphatic heterocycles. The molecule has 0 bridgehead atoms. The molecule has 0 radical (unpaired) electrons. The first-order valence-electron chi connectivity index (χ1n) is 6.33. The minimum absolute atomic E-state index is 0.0557. The van der Waals surface area contributed by atoms with Crippen molar-refractivity contribution < 1.29 is 13.5 Å². The Balaban J connectivity index is 2.22. The molecule has 114 valence electrons. The third-order valence-corrected chi connectivity index (χ3v) is 4.37. The van der Waals surface area contributed by atoms with Gasteiger partial charge in [-0.05, 0) is 60.1 Å². The summed E-state index contributed by atoms with van der Waals surface area (Å²) < 4.78 is 32.0. The molecule has 0 fully saturated rings. The van der Waals surface area contributed by atoms with Crippen molar-refractivity contribution in [3.05, 3.63) is 52.5 Å². The van der Waals surface area contributed by atoms with Crippen LogP contribution in [0.4, 0.5) is 8.78 Å². The van der Waals surface area contributed by atoms with E-state index in [0.29, 0.717) is 10.2 Å². The van der Waals surface area contributed by atoms with Gasteiger partial charge in [-0.3, -0.25) is 0 Å². The van der Waals surface area contributed by atoms with Gasteiger partial charge in [-0.2, -0.15) is 5.26 Å². The van der Waals surface area contributed by atoms with Gasteiger partial charge in [0.25, 0.3) is 0 Å². The van der Waals surface area contributed by atoms with Gasteiger partial charge in [-0.15, -0.1) is 11.8 Å². The first-order chi connectivity index (χ1) is 10.3. The first-order valence-corrected chi connectivity index (χ1v) is 7.94. The van der Waals surface area contributed by atoms with Gasteiger partial charge in [-0.25, -0.2) is 8.78 Å². The molecule has 0 N–H and O–H groups in total. The van der Waals surface area contributed by atoms with E-state index in [1.807, 2.05) is 13.8 Å². The lowest BCUT2D eigenvalue weighted by molar-refractivity contribution is 0.435. The molecule has 0 aromatic heterocycles. The van der Waals surface area contributed by atoms with Crippen molar-refractivity contribution in [1.29, 1.82) is 5.26 Å². The van der Waals surface area contributed by atoms with Crippen molar-refractivity contribution in [2.24, 2.45) is 0 Å². The van der Waals surface area contributed by atoms with Gasteiger partial charge in [0.15, 0.2) is 11.6 Å². The molecule has 6 heteroatoms. The summed E-state index contributed by atoms with van der Waals surface area (Å²) in [6, 6.07) is 10.6. The molecule has 0 heterocycles. The molecule has 0 saturated carbocycles. The van der Waals surface area contributed by atoms with Crippen LogP contribution < -0.4 is 4.74 Å². The van der Waals surface area contributed by atoms with Gasteiger partial charge >= 0.3 is 0 Å². The zero-order chi connectivity index (χ0) is 16.3. The molecule has 0 amide bonds. The lowest BCUT2D eigenvalue weighted by atomic mass is 10.2. The van der Waals surface area contributed by atoms with Crippen molar-refractivity contribution in [3.63, 3.8) is 0 Å². The predicted molar refractivity (Wildman–Crippen MR) is 86.1 cm³/mol. The highest BCUT2D eigenvalue weighted by atomic mass is 79.9. The van der Waals surface area contributed by atoms with E-state index >= 15 is 0 Å². The molecule has 2 rings (SSSR count). The molecule has 0 aliphatic rings. The molecule has 0 aliphatic carbocycles. The van der Waals surface area contributed by atoms with Gasteiger partial charge in [0, 0.05) is 11.0 Å². The number of benzene rings is 2. The summed E-state index contributed by atoms with van der Waals surface area (Å²) in [6.45, 7) is 3.65. The van der Waals surface area contributed by atoms with Crippen molar-refractivity contribution in [2.45, 2.75) is 23.5 Å². The summed E-state index contributed by atoms with van der Waals surface area (Å²) in [4.78, 5) is 0.880. The maximum Gasteiger partial charge on any atom is 0.168 e. The number of rotatable bonds is 4. The zero-order valence-corrected chi connectivity index (χ0v) is 14.3. The summed E-state index contributed by atoms with van der Waals surface area (Å²) in [5, 5.41) is 9.05. The largest absolute Gasteiger partial charge is 0.453 e. The van der Waals surface area contributed by atoms with Gasteiger partial charge in [0.05, 0.1) is 10.5 Å². The van der Waals surface area contributed by atoms with Crippen molar-refractivity contribution in [2.75, 3.05) is 0 Å². The smallest absolute Gasteiger partial charge is 0.168 e. The molecular formula is C16H12BrF2NOS. The van der Waals surface area contributed by atoms with E-state index < -0.39 is 16.4 Å². The van der Waals surface area contributed by atoms with E-state index in [9.17, 15) is 8.78 Å². The van der Waals surface area contributed by atoms with E-state index in [2.05, 4.69) is 22.0 Å². The average Bonchev–Trinajstić information content (AvgIpc) is 2.44. The summed E-state index contributed by atoms with van der Waals surface area (Å²) >= 11 is 4.77. The normalized spacial score (nSPS) is 11.1. The molecular weight excluding hydrogens is 372 g/mol. The fourth-order valence-corrected chi connectivity index (χ4v) is 3.18. The molecule has 2 aromatic rings. The quantitative estimate of drug-likeness (QED) is 0.614. The highest BCUT2D eigenvalue weighted by molar-refractivity contribution is 9.10. The second-order valence-electron chi connectivity index (χ2n) is 4.99. The number of hydrogen-bond acceptors (Lipinski definition) is 3. The van der Waals surface area contributed by atoms with Crippen LogP contribution in [0.3, 0.4) is 0 Å². The Morgan fingerprint density at radius 1 is 1.14 bits per heavy atom. The van der Waals surface area contributed by atoms with Crippen LogP contribution in [0.2, 0.25) is 0 Å².